The summed E-state index contributed by atoms with van der Waals surface area (Å²) in [7, 11) is 0. The van der Waals surface area contributed by atoms with E-state index in [-0.39, 0.29) is 0 Å². The minimum Gasteiger partial charge on any atom is -0.359 e. The Hall–Kier alpha value is -1.13. The molecule has 3 nitrogen and oxygen atoms in total. The van der Waals surface area contributed by atoms with Crippen LogP contribution in [0.15, 0.2) is 39.3 Å². The Morgan fingerprint density at radius 2 is 2.26 bits per heavy atom. The van der Waals surface area contributed by atoms with Crippen LogP contribution in [0.1, 0.15) is 35.9 Å². The smallest absolute Gasteiger partial charge is 0.154 e. The Morgan fingerprint density at radius 1 is 1.42 bits per heavy atom. The molecule has 1 aliphatic heterocycles. The van der Waals surface area contributed by atoms with E-state index in [0.717, 1.165) is 31.0 Å². The van der Waals surface area contributed by atoms with Gasteiger partial charge < -0.3 is 4.52 Å². The molecular formula is C15H17BrN2O. The summed E-state index contributed by atoms with van der Waals surface area (Å²) in [6, 6.07) is 10.8. The average Bonchev–Trinajstić information content (AvgIpc) is 3.01. The molecule has 19 heavy (non-hydrogen) atoms. The van der Waals surface area contributed by atoms with Gasteiger partial charge in [0.1, 0.15) is 0 Å². The molecule has 0 spiro atoms. The van der Waals surface area contributed by atoms with E-state index < -0.39 is 0 Å². The summed E-state index contributed by atoms with van der Waals surface area (Å²) < 4.78 is 6.62. The first-order chi connectivity index (χ1) is 9.24. The van der Waals surface area contributed by atoms with Gasteiger partial charge in [-0.25, -0.2) is 0 Å². The van der Waals surface area contributed by atoms with E-state index in [4.69, 9.17) is 4.52 Å². The summed E-state index contributed by atoms with van der Waals surface area (Å²) in [5, 5.41) is 4.01. The summed E-state index contributed by atoms with van der Waals surface area (Å²) in [4.78, 5) is 2.47. The Labute approximate surface area is 121 Å². The van der Waals surface area contributed by atoms with Gasteiger partial charge in [-0.1, -0.05) is 39.3 Å². The topological polar surface area (TPSA) is 29.3 Å². The van der Waals surface area contributed by atoms with Crippen molar-refractivity contribution >= 4 is 15.9 Å². The molecule has 2 aromatic rings. The molecule has 0 N–H and O–H groups in total. The molecule has 0 saturated carbocycles. The van der Waals surface area contributed by atoms with Crippen LogP contribution in [-0.4, -0.2) is 16.6 Å². The van der Waals surface area contributed by atoms with E-state index in [1.807, 2.05) is 6.92 Å². The maximum atomic E-state index is 5.44. The fourth-order valence-electron chi connectivity index (χ4n) is 2.72. The number of nitrogens with zero attached hydrogens (tertiary/aromatic N) is 2. The number of hydrogen-bond acceptors (Lipinski definition) is 3. The zero-order valence-electron chi connectivity index (χ0n) is 11.0. The van der Waals surface area contributed by atoms with Gasteiger partial charge in [0.25, 0.3) is 0 Å². The summed E-state index contributed by atoms with van der Waals surface area (Å²) >= 11 is 3.62. The SMILES string of the molecule is Cc1cc(C2CCCN2Cc2ccccc2Br)on1. The highest BCUT2D eigenvalue weighted by Crippen LogP contribution is 2.34. The molecule has 0 radical (unpaired) electrons. The molecule has 1 saturated heterocycles. The van der Waals surface area contributed by atoms with Gasteiger partial charge in [-0.2, -0.15) is 0 Å². The molecule has 1 aromatic carbocycles. The summed E-state index contributed by atoms with van der Waals surface area (Å²) in [6.45, 7) is 4.04. The monoisotopic (exact) mass is 320 g/mol. The highest BCUT2D eigenvalue weighted by Gasteiger charge is 2.29. The Balaban J connectivity index is 1.79. The molecule has 3 rings (SSSR count). The number of aryl methyl sites for hydroxylation is 1. The van der Waals surface area contributed by atoms with Gasteiger partial charge in [-0.3, -0.25) is 4.90 Å². The van der Waals surface area contributed by atoms with Gasteiger partial charge in [0.05, 0.1) is 11.7 Å². The van der Waals surface area contributed by atoms with Crippen molar-refractivity contribution in [1.82, 2.24) is 10.1 Å². The Bertz CT molecular complexity index is 567. The van der Waals surface area contributed by atoms with Gasteiger partial charge in [0, 0.05) is 17.1 Å². The van der Waals surface area contributed by atoms with E-state index in [0.29, 0.717) is 6.04 Å². The van der Waals surface area contributed by atoms with Crippen LogP contribution >= 0.6 is 15.9 Å². The van der Waals surface area contributed by atoms with Gasteiger partial charge in [0.2, 0.25) is 0 Å². The summed E-state index contributed by atoms with van der Waals surface area (Å²) in [6.07, 6.45) is 2.37. The summed E-state index contributed by atoms with van der Waals surface area (Å²) in [5.74, 6) is 1.00. The molecule has 0 amide bonds. The van der Waals surface area contributed by atoms with Crippen molar-refractivity contribution < 1.29 is 4.52 Å². The third-order valence-corrected chi connectivity index (χ3v) is 4.44. The van der Waals surface area contributed by atoms with Crippen LogP contribution in [0.4, 0.5) is 0 Å². The van der Waals surface area contributed by atoms with Crippen LogP contribution in [0.25, 0.3) is 0 Å². The van der Waals surface area contributed by atoms with Crippen molar-refractivity contribution in [3.63, 3.8) is 0 Å². The van der Waals surface area contributed by atoms with Crippen molar-refractivity contribution in [2.24, 2.45) is 0 Å². The van der Waals surface area contributed by atoms with E-state index >= 15 is 0 Å². The fourth-order valence-corrected chi connectivity index (χ4v) is 3.13. The van der Waals surface area contributed by atoms with Crippen molar-refractivity contribution in [3.8, 4) is 0 Å². The first-order valence-corrected chi connectivity index (χ1v) is 7.44. The second kappa shape index (κ2) is 5.47. The van der Waals surface area contributed by atoms with Crippen LogP contribution in [0, 0.1) is 6.92 Å². The molecular weight excluding hydrogens is 304 g/mol. The minimum atomic E-state index is 0.369. The van der Waals surface area contributed by atoms with Crippen molar-refractivity contribution in [1.29, 1.82) is 0 Å². The van der Waals surface area contributed by atoms with Gasteiger partial charge in [-0.15, -0.1) is 0 Å². The van der Waals surface area contributed by atoms with Crippen molar-refractivity contribution in [3.05, 3.63) is 51.8 Å². The molecule has 0 bridgehead atoms. The van der Waals surface area contributed by atoms with E-state index in [9.17, 15) is 0 Å². The maximum Gasteiger partial charge on any atom is 0.154 e. The molecule has 0 aliphatic carbocycles. The number of benzene rings is 1. The average molecular weight is 321 g/mol. The van der Waals surface area contributed by atoms with Crippen LogP contribution in [0.2, 0.25) is 0 Å². The lowest BCUT2D eigenvalue weighted by Crippen LogP contribution is -2.22. The molecule has 1 atom stereocenters. The van der Waals surface area contributed by atoms with Gasteiger partial charge >= 0.3 is 0 Å². The molecule has 1 unspecified atom stereocenters. The van der Waals surface area contributed by atoms with Crippen molar-refractivity contribution in [2.75, 3.05) is 6.54 Å². The normalized spacial score (nSPS) is 20.0. The lowest BCUT2D eigenvalue weighted by molar-refractivity contribution is 0.206. The van der Waals surface area contributed by atoms with Crippen LogP contribution in [0.5, 0.6) is 0 Å². The standard InChI is InChI=1S/C15H17BrN2O/c1-11-9-15(19-17-11)14-7-4-8-18(14)10-12-5-2-3-6-13(12)16/h2-3,5-6,9,14H,4,7-8,10H2,1H3. The second-order valence-electron chi connectivity index (χ2n) is 5.09. The number of aromatic nitrogens is 1. The molecule has 100 valence electrons. The van der Waals surface area contributed by atoms with Gasteiger partial charge in [-0.05, 0) is 37.9 Å². The fraction of sp³-hybridized carbons (Fsp3) is 0.400. The second-order valence-corrected chi connectivity index (χ2v) is 5.94. The van der Waals surface area contributed by atoms with Crippen LogP contribution in [-0.2, 0) is 6.54 Å². The zero-order valence-corrected chi connectivity index (χ0v) is 12.6. The zero-order chi connectivity index (χ0) is 13.2. The number of likely N-dealkylation sites (tertiary alicyclic amines) is 1. The predicted molar refractivity (Wildman–Crippen MR) is 77.8 cm³/mol. The first kappa shape index (κ1) is 12.9. The van der Waals surface area contributed by atoms with E-state index in [1.165, 1.54) is 16.5 Å². The van der Waals surface area contributed by atoms with Crippen LogP contribution < -0.4 is 0 Å². The largest absolute Gasteiger partial charge is 0.359 e. The van der Waals surface area contributed by atoms with Crippen LogP contribution in [0.3, 0.4) is 0 Å². The summed E-state index contributed by atoms with van der Waals surface area (Å²) in [5.41, 5.74) is 2.29. The van der Waals surface area contributed by atoms with E-state index in [1.54, 1.807) is 0 Å². The molecule has 1 aromatic heterocycles. The lowest BCUT2D eigenvalue weighted by atomic mass is 10.1. The highest BCUT2D eigenvalue weighted by molar-refractivity contribution is 9.10. The minimum absolute atomic E-state index is 0.369. The Kier molecular flexibility index (Phi) is 3.71. The predicted octanol–water partition coefficient (Wildman–Crippen LogP) is 4.08. The molecule has 2 heterocycles. The number of hydrogen-bond donors (Lipinski definition) is 0. The van der Waals surface area contributed by atoms with Gasteiger partial charge in [0.15, 0.2) is 5.76 Å². The maximum absolute atomic E-state index is 5.44. The first-order valence-electron chi connectivity index (χ1n) is 6.65. The number of halogens is 1. The lowest BCUT2D eigenvalue weighted by Gasteiger charge is -2.22. The molecule has 1 aliphatic rings. The molecule has 4 heteroatoms. The third kappa shape index (κ3) is 2.74. The van der Waals surface area contributed by atoms with Crippen molar-refractivity contribution in [2.45, 2.75) is 32.4 Å². The third-order valence-electron chi connectivity index (χ3n) is 3.67. The van der Waals surface area contributed by atoms with E-state index in [2.05, 4.69) is 56.3 Å². The molecule has 1 fully saturated rings. The number of rotatable bonds is 3. The highest BCUT2D eigenvalue weighted by atomic mass is 79.9. The quantitative estimate of drug-likeness (QED) is 0.853. The Morgan fingerprint density at radius 3 is 3.00 bits per heavy atom.